The maximum absolute atomic E-state index is 13.0. The van der Waals surface area contributed by atoms with E-state index in [9.17, 15) is 14.9 Å². The van der Waals surface area contributed by atoms with Gasteiger partial charge in [-0.3, -0.25) is 14.6 Å². The zero-order valence-corrected chi connectivity index (χ0v) is 18.4. The molecule has 0 spiro atoms. The third-order valence-corrected chi connectivity index (χ3v) is 5.91. The fraction of sp³-hybridized carbons (Fsp3) is 0.231. The number of carbonyl (C=O) groups excluding carboxylic acids is 2. The highest BCUT2D eigenvalue weighted by molar-refractivity contribution is 5.98. The smallest absolute Gasteiger partial charge is 0.272 e. The van der Waals surface area contributed by atoms with E-state index in [1.54, 1.807) is 24.2 Å². The molecule has 166 valence electrons. The number of benzene rings is 2. The van der Waals surface area contributed by atoms with E-state index in [-0.39, 0.29) is 30.0 Å². The Morgan fingerprint density at radius 3 is 2.61 bits per heavy atom. The van der Waals surface area contributed by atoms with Crippen LogP contribution in [0.2, 0.25) is 0 Å². The largest absolute Gasteiger partial charge is 0.359 e. The van der Waals surface area contributed by atoms with E-state index < -0.39 is 6.04 Å². The third-order valence-electron chi connectivity index (χ3n) is 5.91. The van der Waals surface area contributed by atoms with Gasteiger partial charge in [-0.05, 0) is 30.0 Å². The number of likely N-dealkylation sites (N-methyl/N-ethyl adjacent to an activating group) is 1. The summed E-state index contributed by atoms with van der Waals surface area (Å²) in [6.07, 6.45) is 2.16. The number of nitrogens with zero attached hydrogens (tertiary/aromatic N) is 4. The average molecular weight is 440 g/mol. The van der Waals surface area contributed by atoms with Gasteiger partial charge >= 0.3 is 0 Å². The number of pyridine rings is 1. The van der Waals surface area contributed by atoms with E-state index in [0.717, 1.165) is 22.2 Å². The summed E-state index contributed by atoms with van der Waals surface area (Å²) in [5.41, 5.74) is 1.95. The molecule has 33 heavy (non-hydrogen) atoms. The Morgan fingerprint density at radius 2 is 1.88 bits per heavy atom. The van der Waals surface area contributed by atoms with Gasteiger partial charge < -0.3 is 15.1 Å². The fourth-order valence-electron chi connectivity index (χ4n) is 4.06. The number of nitriles is 1. The van der Waals surface area contributed by atoms with Gasteiger partial charge in [0.2, 0.25) is 5.91 Å². The first-order valence-corrected chi connectivity index (χ1v) is 10.8. The Hall–Kier alpha value is -4.18. The average Bonchev–Trinajstić information content (AvgIpc) is 3.29. The first kappa shape index (κ1) is 22.0. The van der Waals surface area contributed by atoms with Gasteiger partial charge in [-0.1, -0.05) is 49.0 Å². The quantitative estimate of drug-likeness (QED) is 0.633. The van der Waals surface area contributed by atoms with Gasteiger partial charge in [-0.2, -0.15) is 5.26 Å². The molecule has 2 unspecified atom stereocenters. The van der Waals surface area contributed by atoms with Crippen LogP contribution in [-0.2, 0) is 4.79 Å². The number of hydrogen-bond acceptors (Lipinski definition) is 5. The van der Waals surface area contributed by atoms with Crippen molar-refractivity contribution in [3.8, 4) is 6.07 Å². The normalized spacial score (nSPS) is 17.4. The summed E-state index contributed by atoms with van der Waals surface area (Å²) < 4.78 is 0. The molecule has 1 fully saturated rings. The lowest BCUT2D eigenvalue weighted by atomic mass is 10.0. The van der Waals surface area contributed by atoms with Crippen molar-refractivity contribution in [3.63, 3.8) is 0 Å². The Bertz CT molecular complexity index is 1230. The maximum atomic E-state index is 13.0. The Labute approximate surface area is 192 Å². The summed E-state index contributed by atoms with van der Waals surface area (Å²) in [6, 6.07) is 20.7. The Balaban J connectivity index is 1.40. The van der Waals surface area contributed by atoms with Crippen molar-refractivity contribution < 1.29 is 9.59 Å². The molecule has 1 saturated heterocycles. The van der Waals surface area contributed by atoms with Gasteiger partial charge in [-0.25, -0.2) is 0 Å². The SMILES string of the molecule is C=C(Nc1ccccc1)C1CC(C#N)N(C(=O)CN(C)C(=O)c2cc3ccccc3cn2)C1. The van der Waals surface area contributed by atoms with E-state index in [2.05, 4.69) is 22.9 Å². The van der Waals surface area contributed by atoms with Crippen molar-refractivity contribution >= 4 is 28.3 Å². The van der Waals surface area contributed by atoms with Crippen LogP contribution in [0.3, 0.4) is 0 Å². The van der Waals surface area contributed by atoms with E-state index in [1.165, 1.54) is 4.90 Å². The standard InChI is InChI=1S/C26H25N5O2/c1-18(29-22-10-4-3-5-11-22)21-12-23(14-27)31(16-21)25(32)17-30(2)26(33)24-13-19-8-6-7-9-20(19)15-28-24/h3-11,13,15,21,23,29H,1,12,16-17H2,2H3. The maximum Gasteiger partial charge on any atom is 0.272 e. The van der Waals surface area contributed by atoms with Crippen LogP contribution in [0.25, 0.3) is 10.8 Å². The van der Waals surface area contributed by atoms with E-state index in [0.29, 0.717) is 13.0 Å². The highest BCUT2D eigenvalue weighted by Gasteiger charge is 2.37. The van der Waals surface area contributed by atoms with E-state index >= 15 is 0 Å². The van der Waals surface area contributed by atoms with Crippen LogP contribution in [0.4, 0.5) is 5.69 Å². The predicted molar refractivity (Wildman–Crippen MR) is 127 cm³/mol. The lowest BCUT2D eigenvalue weighted by molar-refractivity contribution is -0.131. The van der Waals surface area contributed by atoms with Crippen LogP contribution in [-0.4, -0.2) is 52.8 Å². The summed E-state index contributed by atoms with van der Waals surface area (Å²) >= 11 is 0. The zero-order chi connectivity index (χ0) is 23.4. The second-order valence-electron chi connectivity index (χ2n) is 8.22. The number of aromatic nitrogens is 1. The molecule has 3 aromatic rings. The van der Waals surface area contributed by atoms with Crippen LogP contribution in [0.5, 0.6) is 0 Å². The van der Waals surface area contributed by atoms with Gasteiger partial charge in [0.1, 0.15) is 11.7 Å². The summed E-state index contributed by atoms with van der Waals surface area (Å²) in [5.74, 6) is -0.663. The molecule has 1 N–H and O–H groups in total. The molecule has 2 atom stereocenters. The van der Waals surface area contributed by atoms with Gasteiger partial charge in [0.05, 0.1) is 12.6 Å². The molecular weight excluding hydrogens is 414 g/mol. The number of rotatable bonds is 6. The molecular formula is C26H25N5O2. The van der Waals surface area contributed by atoms with Crippen molar-refractivity contribution in [3.05, 3.63) is 84.8 Å². The molecule has 7 heteroatoms. The number of likely N-dealkylation sites (tertiary alicyclic amines) is 1. The molecule has 4 rings (SSSR count). The fourth-order valence-corrected chi connectivity index (χ4v) is 4.06. The molecule has 1 aliphatic rings. The lowest BCUT2D eigenvalue weighted by Gasteiger charge is -2.24. The highest BCUT2D eigenvalue weighted by Crippen LogP contribution is 2.29. The minimum atomic E-state index is -0.556. The van der Waals surface area contributed by atoms with Gasteiger partial charge in [0.15, 0.2) is 0 Å². The van der Waals surface area contributed by atoms with Crippen molar-refractivity contribution in [2.75, 3.05) is 25.5 Å². The minimum Gasteiger partial charge on any atom is -0.359 e. The third kappa shape index (κ3) is 4.85. The molecule has 2 amide bonds. The summed E-state index contributed by atoms with van der Waals surface area (Å²) in [6.45, 7) is 4.37. The van der Waals surface area contributed by atoms with Crippen molar-refractivity contribution in [1.82, 2.24) is 14.8 Å². The molecule has 2 heterocycles. The summed E-state index contributed by atoms with van der Waals surface area (Å²) in [7, 11) is 1.57. The first-order chi connectivity index (χ1) is 16.0. The molecule has 0 aliphatic carbocycles. The van der Waals surface area contributed by atoms with Gasteiger partial charge in [0, 0.05) is 42.5 Å². The van der Waals surface area contributed by atoms with Crippen LogP contribution in [0.1, 0.15) is 16.9 Å². The Kier molecular flexibility index (Phi) is 6.36. The topological polar surface area (TPSA) is 89.3 Å². The summed E-state index contributed by atoms with van der Waals surface area (Å²) in [4.78, 5) is 33.0. The number of carbonyl (C=O) groups is 2. The molecule has 0 saturated carbocycles. The molecule has 0 radical (unpaired) electrons. The van der Waals surface area contributed by atoms with Crippen molar-refractivity contribution in [2.24, 2.45) is 5.92 Å². The number of para-hydroxylation sites is 1. The minimum absolute atomic E-state index is 0.0537. The Morgan fingerprint density at radius 1 is 1.18 bits per heavy atom. The zero-order valence-electron chi connectivity index (χ0n) is 18.4. The van der Waals surface area contributed by atoms with Gasteiger partial charge in [-0.15, -0.1) is 0 Å². The van der Waals surface area contributed by atoms with Crippen LogP contribution >= 0.6 is 0 Å². The molecule has 7 nitrogen and oxygen atoms in total. The predicted octanol–water partition coefficient (Wildman–Crippen LogP) is 3.67. The van der Waals surface area contributed by atoms with Crippen molar-refractivity contribution in [2.45, 2.75) is 12.5 Å². The number of anilines is 1. The second kappa shape index (κ2) is 9.53. The van der Waals surface area contributed by atoms with Crippen molar-refractivity contribution in [1.29, 1.82) is 5.26 Å². The van der Waals surface area contributed by atoms with E-state index in [4.69, 9.17) is 0 Å². The molecule has 1 aliphatic heterocycles. The lowest BCUT2D eigenvalue weighted by Crippen LogP contribution is -2.43. The van der Waals surface area contributed by atoms with Crippen LogP contribution in [0, 0.1) is 17.2 Å². The van der Waals surface area contributed by atoms with E-state index in [1.807, 2.05) is 54.6 Å². The highest BCUT2D eigenvalue weighted by atomic mass is 16.2. The number of amides is 2. The molecule has 0 bridgehead atoms. The van der Waals surface area contributed by atoms with Gasteiger partial charge in [0.25, 0.3) is 5.91 Å². The summed E-state index contributed by atoms with van der Waals surface area (Å²) in [5, 5.41) is 14.7. The first-order valence-electron chi connectivity index (χ1n) is 10.8. The van der Waals surface area contributed by atoms with Crippen LogP contribution in [0.15, 0.2) is 79.1 Å². The number of nitrogens with one attached hydrogen (secondary N) is 1. The number of hydrogen-bond donors (Lipinski definition) is 1. The monoisotopic (exact) mass is 439 g/mol. The number of fused-ring (bicyclic) bond motifs is 1. The van der Waals surface area contributed by atoms with Crippen LogP contribution < -0.4 is 5.32 Å². The molecule has 1 aromatic heterocycles. The second-order valence-corrected chi connectivity index (χ2v) is 8.22. The molecule has 2 aromatic carbocycles.